The summed E-state index contributed by atoms with van der Waals surface area (Å²) in [5.41, 5.74) is 1.27. The van der Waals surface area contributed by atoms with Crippen molar-refractivity contribution in [2.24, 2.45) is 0 Å². The number of esters is 4. The fourth-order valence-electron chi connectivity index (χ4n) is 5.22. The highest BCUT2D eigenvalue weighted by Crippen LogP contribution is 2.35. The Labute approximate surface area is 283 Å². The fraction of sp³-hybridized carbons (Fsp3) is 0.471. The molecule has 1 saturated heterocycles. The van der Waals surface area contributed by atoms with Crippen molar-refractivity contribution in [3.63, 3.8) is 0 Å². The highest BCUT2D eigenvalue weighted by Gasteiger charge is 2.58. The molecule has 0 radical (unpaired) electrons. The molecular weight excluding hydrogens is 644 g/mol. The van der Waals surface area contributed by atoms with E-state index in [1.807, 2.05) is 0 Å². The van der Waals surface area contributed by atoms with Gasteiger partial charge in [-0.15, -0.1) is 0 Å². The summed E-state index contributed by atoms with van der Waals surface area (Å²) in [6.07, 6.45) is -6.50. The van der Waals surface area contributed by atoms with Crippen molar-refractivity contribution in [3.05, 3.63) is 71.8 Å². The zero-order valence-corrected chi connectivity index (χ0v) is 27.7. The van der Waals surface area contributed by atoms with Gasteiger partial charge in [0.05, 0.1) is 0 Å². The Balaban J connectivity index is 1.87. The van der Waals surface area contributed by atoms with Crippen LogP contribution in [0.4, 0.5) is 4.79 Å². The van der Waals surface area contributed by atoms with Gasteiger partial charge in [0.15, 0.2) is 18.0 Å². The van der Waals surface area contributed by atoms with Crippen molar-refractivity contribution in [2.45, 2.75) is 89.8 Å². The Morgan fingerprint density at radius 1 is 0.796 bits per heavy atom. The second kappa shape index (κ2) is 18.5. The lowest BCUT2D eigenvalue weighted by molar-refractivity contribution is -0.314. The molecule has 0 bridgehead atoms. The Hall–Kier alpha value is -5.02. The van der Waals surface area contributed by atoms with E-state index in [1.165, 1.54) is 13.8 Å². The molecule has 2 aromatic rings. The van der Waals surface area contributed by atoms with Crippen LogP contribution in [0, 0.1) is 0 Å². The summed E-state index contributed by atoms with van der Waals surface area (Å²) in [5, 5.41) is 17.3. The number of ether oxygens (including phenoxy) is 6. The van der Waals surface area contributed by atoms with Crippen LogP contribution in [0.3, 0.4) is 0 Å². The van der Waals surface area contributed by atoms with Gasteiger partial charge in [-0.05, 0) is 17.5 Å². The molecule has 49 heavy (non-hydrogen) atoms. The second-order valence-electron chi connectivity index (χ2n) is 11.4. The summed E-state index contributed by atoms with van der Waals surface area (Å²) in [6, 6.07) is 15.9. The van der Waals surface area contributed by atoms with Crippen LogP contribution in [-0.2, 0) is 65.4 Å². The molecule has 0 spiro atoms. The number of carbonyl (C=O) groups is 6. The quantitative estimate of drug-likeness (QED) is 0.181. The van der Waals surface area contributed by atoms with E-state index in [2.05, 4.69) is 10.6 Å². The Kier molecular flexibility index (Phi) is 14.5. The van der Waals surface area contributed by atoms with Gasteiger partial charge in [-0.25, -0.2) is 4.79 Å². The van der Waals surface area contributed by atoms with E-state index >= 15 is 0 Å². The molecule has 0 saturated carbocycles. The van der Waals surface area contributed by atoms with E-state index in [0.29, 0.717) is 11.1 Å². The number of rotatable bonds is 15. The maximum absolute atomic E-state index is 13.1. The smallest absolute Gasteiger partial charge is 0.408 e. The third-order valence-electron chi connectivity index (χ3n) is 7.25. The summed E-state index contributed by atoms with van der Waals surface area (Å²) >= 11 is 0. The van der Waals surface area contributed by atoms with Gasteiger partial charge >= 0.3 is 30.0 Å². The number of aliphatic hydroxyl groups is 1. The molecule has 1 fully saturated rings. The number of amides is 2. The van der Waals surface area contributed by atoms with Gasteiger partial charge in [0.2, 0.25) is 5.91 Å². The Morgan fingerprint density at radius 2 is 1.39 bits per heavy atom. The maximum atomic E-state index is 13.1. The van der Waals surface area contributed by atoms with Crippen LogP contribution in [-0.4, -0.2) is 90.4 Å². The summed E-state index contributed by atoms with van der Waals surface area (Å²) in [5.74, 6) is -5.67. The van der Waals surface area contributed by atoms with Crippen LogP contribution in [0.2, 0.25) is 0 Å². The molecule has 15 nitrogen and oxygen atoms in total. The molecule has 1 heterocycles. The number of alkyl carbamates (subject to hydrolysis) is 1. The highest BCUT2D eigenvalue weighted by atomic mass is 16.7. The van der Waals surface area contributed by atoms with Gasteiger partial charge < -0.3 is 44.2 Å². The van der Waals surface area contributed by atoms with Crippen LogP contribution in [0.1, 0.15) is 51.7 Å². The molecule has 0 aliphatic carbocycles. The van der Waals surface area contributed by atoms with E-state index in [-0.39, 0.29) is 39.0 Å². The van der Waals surface area contributed by atoms with Crippen LogP contribution in [0.5, 0.6) is 0 Å². The number of benzene rings is 2. The minimum atomic E-state index is -2.29. The third-order valence-corrected chi connectivity index (χ3v) is 7.25. The van der Waals surface area contributed by atoms with Crippen molar-refractivity contribution >= 4 is 35.9 Å². The van der Waals surface area contributed by atoms with Crippen molar-refractivity contribution in [1.29, 1.82) is 0 Å². The molecule has 0 unspecified atom stereocenters. The lowest BCUT2D eigenvalue weighted by Crippen LogP contribution is -2.72. The van der Waals surface area contributed by atoms with Crippen LogP contribution in [0.25, 0.3) is 0 Å². The predicted molar refractivity (Wildman–Crippen MR) is 169 cm³/mol. The van der Waals surface area contributed by atoms with Gasteiger partial charge in [-0.2, -0.15) is 0 Å². The number of nitrogens with one attached hydrogen (secondary N) is 2. The molecule has 15 heteroatoms. The zero-order valence-electron chi connectivity index (χ0n) is 27.7. The summed E-state index contributed by atoms with van der Waals surface area (Å²) < 4.78 is 32.7. The first kappa shape index (κ1) is 38.4. The Morgan fingerprint density at radius 3 is 1.96 bits per heavy atom. The van der Waals surface area contributed by atoms with Gasteiger partial charge in [0, 0.05) is 47.1 Å². The first-order chi connectivity index (χ1) is 23.3. The van der Waals surface area contributed by atoms with Gasteiger partial charge in [0.1, 0.15) is 31.5 Å². The molecule has 266 valence electrons. The minimum Gasteiger partial charge on any atom is -0.462 e. The predicted octanol–water partition coefficient (Wildman–Crippen LogP) is 1.87. The third kappa shape index (κ3) is 12.8. The van der Waals surface area contributed by atoms with Crippen LogP contribution >= 0.6 is 0 Å². The van der Waals surface area contributed by atoms with Crippen LogP contribution in [0.15, 0.2) is 60.7 Å². The first-order valence-electron chi connectivity index (χ1n) is 15.6. The standard InChI is InChI=1S/C34H42N2O13/c1-21(37)44-20-27(46-22(2)38)15-16-29(41)35-18-28-30(47-23(3)39)31(48-24(4)40)32(34(43,49-28)17-25-11-7-5-8-12-25)36-33(42)45-19-26-13-9-6-10-14-26/h5-14,27-28,30-32,43H,15-20H2,1-4H3,(H,35,41)(H,36,42)/t27-,28+,30+,31-,32+,34-/m0/s1. The van der Waals surface area contributed by atoms with E-state index in [0.717, 1.165) is 13.8 Å². The lowest BCUT2D eigenvalue weighted by atomic mass is 9.86. The topological polar surface area (TPSA) is 202 Å². The van der Waals surface area contributed by atoms with Gasteiger partial charge in [-0.1, -0.05) is 60.7 Å². The molecule has 2 amide bonds. The first-order valence-corrected chi connectivity index (χ1v) is 15.6. The summed E-state index contributed by atoms with van der Waals surface area (Å²) in [4.78, 5) is 73.4. The molecule has 1 aliphatic heterocycles. The summed E-state index contributed by atoms with van der Waals surface area (Å²) in [6.45, 7) is 3.87. The fourth-order valence-corrected chi connectivity index (χ4v) is 5.22. The maximum Gasteiger partial charge on any atom is 0.408 e. The van der Waals surface area contributed by atoms with Gasteiger partial charge in [0.25, 0.3) is 0 Å². The SMILES string of the molecule is CC(=O)OC[C@H](CCC(=O)NC[C@H]1O[C@@](O)(Cc2ccccc2)[C@H](NC(=O)OCc2ccccc2)[C@@H](OC(C)=O)[C@@H]1OC(C)=O)OC(C)=O. The number of hydrogen-bond acceptors (Lipinski definition) is 13. The average molecular weight is 687 g/mol. The van der Waals surface area contributed by atoms with Crippen LogP contribution < -0.4 is 10.6 Å². The minimum absolute atomic E-state index is 0.00267. The average Bonchev–Trinajstić information content (AvgIpc) is 3.04. The van der Waals surface area contributed by atoms with Crippen molar-refractivity contribution in [2.75, 3.05) is 13.2 Å². The van der Waals surface area contributed by atoms with Crippen molar-refractivity contribution in [3.8, 4) is 0 Å². The number of hydrogen-bond donors (Lipinski definition) is 3. The normalized spacial score (nSPS) is 22.1. The highest BCUT2D eigenvalue weighted by molar-refractivity contribution is 5.76. The Bertz CT molecular complexity index is 1440. The molecular formula is C34H42N2O13. The lowest BCUT2D eigenvalue weighted by Gasteiger charge is -2.49. The summed E-state index contributed by atoms with van der Waals surface area (Å²) in [7, 11) is 0. The molecule has 6 atom stereocenters. The second-order valence-corrected chi connectivity index (χ2v) is 11.4. The molecule has 2 aromatic carbocycles. The molecule has 0 aromatic heterocycles. The molecule has 3 rings (SSSR count). The monoisotopic (exact) mass is 686 g/mol. The number of carbonyl (C=O) groups excluding carboxylic acids is 6. The van der Waals surface area contributed by atoms with E-state index in [9.17, 15) is 33.9 Å². The zero-order chi connectivity index (χ0) is 36.0. The van der Waals surface area contributed by atoms with Gasteiger partial charge in [-0.3, -0.25) is 24.0 Å². The molecule has 1 aliphatic rings. The van der Waals surface area contributed by atoms with Crippen molar-refractivity contribution in [1.82, 2.24) is 10.6 Å². The van der Waals surface area contributed by atoms with E-state index in [4.69, 9.17) is 28.4 Å². The van der Waals surface area contributed by atoms with Crippen molar-refractivity contribution < 1.29 is 62.3 Å². The molecule has 3 N–H and O–H groups in total. The van der Waals surface area contributed by atoms with E-state index in [1.54, 1.807) is 60.7 Å². The largest absolute Gasteiger partial charge is 0.462 e. The van der Waals surface area contributed by atoms with E-state index < -0.39 is 72.1 Å².